The molecule has 1 aliphatic carbocycles. The lowest BCUT2D eigenvalue weighted by Crippen LogP contribution is -2.39. The van der Waals surface area contributed by atoms with Gasteiger partial charge in [-0.3, -0.25) is 9.69 Å². The Morgan fingerprint density at radius 3 is 2.30 bits per heavy atom. The zero-order chi connectivity index (χ0) is 14.9. The Morgan fingerprint density at radius 1 is 1.25 bits per heavy atom. The van der Waals surface area contributed by atoms with Gasteiger partial charge in [-0.2, -0.15) is 0 Å². The molecule has 110 valence electrons. The van der Waals surface area contributed by atoms with Gasteiger partial charge in [-0.1, -0.05) is 17.7 Å². The van der Waals surface area contributed by atoms with Crippen molar-refractivity contribution in [3.8, 4) is 0 Å². The third-order valence-electron chi connectivity index (χ3n) is 4.15. The topological polar surface area (TPSA) is 40.5 Å². The maximum absolute atomic E-state index is 12.5. The number of Topliss-reactive ketones (excluding diaryl/α,β-unsaturated/α-hetero) is 1. The molecule has 0 unspecified atom stereocenters. The number of aliphatic hydroxyl groups is 1. The molecule has 0 saturated heterocycles. The Bertz CT molecular complexity index is 481. The number of benzene rings is 1. The predicted octanol–water partition coefficient (Wildman–Crippen LogP) is 2.50. The van der Waals surface area contributed by atoms with Crippen molar-refractivity contribution in [1.82, 2.24) is 4.90 Å². The van der Waals surface area contributed by atoms with Crippen LogP contribution >= 0.6 is 0 Å². The number of carbonyl (C=O) groups is 1. The van der Waals surface area contributed by atoms with E-state index in [9.17, 15) is 9.90 Å². The van der Waals surface area contributed by atoms with Crippen LogP contribution in [0.15, 0.2) is 12.1 Å². The summed E-state index contributed by atoms with van der Waals surface area (Å²) in [6.45, 7) is 7.43. The summed E-state index contributed by atoms with van der Waals surface area (Å²) in [4.78, 5) is 14.6. The van der Waals surface area contributed by atoms with Crippen LogP contribution in [-0.2, 0) is 0 Å². The first-order valence-corrected chi connectivity index (χ1v) is 7.34. The SMILES string of the molecule is Cc1cc(C)c(C(=O)CN(C)CC2CC(O)C2)c(C)c1. The number of rotatable bonds is 5. The molecule has 0 aliphatic heterocycles. The van der Waals surface area contributed by atoms with Crippen molar-refractivity contribution in [2.45, 2.75) is 39.7 Å². The zero-order valence-corrected chi connectivity index (χ0v) is 12.9. The summed E-state index contributed by atoms with van der Waals surface area (Å²) in [5.41, 5.74) is 4.21. The number of hydrogen-bond acceptors (Lipinski definition) is 3. The van der Waals surface area contributed by atoms with Crippen LogP contribution in [0.5, 0.6) is 0 Å². The van der Waals surface area contributed by atoms with Gasteiger partial charge >= 0.3 is 0 Å². The highest BCUT2D eigenvalue weighted by molar-refractivity contribution is 6.00. The van der Waals surface area contributed by atoms with E-state index < -0.39 is 0 Å². The highest BCUT2D eigenvalue weighted by atomic mass is 16.3. The maximum atomic E-state index is 12.5. The van der Waals surface area contributed by atoms with Crippen molar-refractivity contribution in [2.75, 3.05) is 20.1 Å². The Hall–Kier alpha value is -1.19. The average molecular weight is 275 g/mol. The Kier molecular flexibility index (Phi) is 4.61. The number of ketones is 1. The average Bonchev–Trinajstić information content (AvgIpc) is 2.24. The normalized spacial score (nSPS) is 21.9. The van der Waals surface area contributed by atoms with Gasteiger partial charge in [-0.05, 0) is 57.7 Å². The van der Waals surface area contributed by atoms with Gasteiger partial charge in [0.25, 0.3) is 0 Å². The number of likely N-dealkylation sites (N-methyl/N-ethyl adjacent to an activating group) is 1. The smallest absolute Gasteiger partial charge is 0.177 e. The molecule has 3 nitrogen and oxygen atoms in total. The summed E-state index contributed by atoms with van der Waals surface area (Å²) in [5, 5.41) is 9.30. The molecule has 0 amide bonds. The molecule has 1 aromatic carbocycles. The van der Waals surface area contributed by atoms with Crippen molar-refractivity contribution in [1.29, 1.82) is 0 Å². The zero-order valence-electron chi connectivity index (χ0n) is 12.9. The lowest BCUT2D eigenvalue weighted by Gasteiger charge is -2.34. The molecular formula is C17H25NO2. The molecule has 1 N–H and O–H groups in total. The molecule has 0 atom stereocenters. The van der Waals surface area contributed by atoms with Gasteiger partial charge in [-0.25, -0.2) is 0 Å². The number of nitrogens with zero attached hydrogens (tertiary/aromatic N) is 1. The van der Waals surface area contributed by atoms with Crippen LogP contribution in [0.3, 0.4) is 0 Å². The second-order valence-corrected chi connectivity index (χ2v) is 6.38. The van der Waals surface area contributed by atoms with Crippen LogP contribution < -0.4 is 0 Å². The van der Waals surface area contributed by atoms with E-state index >= 15 is 0 Å². The second kappa shape index (κ2) is 6.06. The second-order valence-electron chi connectivity index (χ2n) is 6.38. The van der Waals surface area contributed by atoms with E-state index in [0.717, 1.165) is 36.1 Å². The van der Waals surface area contributed by atoms with Crippen molar-refractivity contribution < 1.29 is 9.90 Å². The van der Waals surface area contributed by atoms with Crippen molar-refractivity contribution >= 4 is 5.78 Å². The molecule has 0 bridgehead atoms. The summed E-state index contributed by atoms with van der Waals surface area (Å²) < 4.78 is 0. The molecule has 0 heterocycles. The lowest BCUT2D eigenvalue weighted by molar-refractivity contribution is 0.0286. The highest BCUT2D eigenvalue weighted by Gasteiger charge is 2.28. The summed E-state index contributed by atoms with van der Waals surface area (Å²) in [7, 11) is 1.99. The summed E-state index contributed by atoms with van der Waals surface area (Å²) >= 11 is 0. The quantitative estimate of drug-likeness (QED) is 0.839. The van der Waals surface area contributed by atoms with Gasteiger partial charge in [0.15, 0.2) is 5.78 Å². The third-order valence-corrected chi connectivity index (χ3v) is 4.15. The van der Waals surface area contributed by atoms with E-state index in [-0.39, 0.29) is 11.9 Å². The largest absolute Gasteiger partial charge is 0.393 e. The van der Waals surface area contributed by atoms with E-state index in [1.807, 2.05) is 20.9 Å². The fourth-order valence-corrected chi connectivity index (χ4v) is 3.30. The van der Waals surface area contributed by atoms with Crippen LogP contribution in [0.2, 0.25) is 0 Å². The van der Waals surface area contributed by atoms with E-state index in [1.54, 1.807) is 0 Å². The van der Waals surface area contributed by atoms with Crippen LogP contribution in [0.4, 0.5) is 0 Å². The number of hydrogen-bond donors (Lipinski definition) is 1. The van der Waals surface area contributed by atoms with Gasteiger partial charge in [0, 0.05) is 12.1 Å². The maximum Gasteiger partial charge on any atom is 0.177 e. The van der Waals surface area contributed by atoms with Crippen molar-refractivity contribution in [3.63, 3.8) is 0 Å². The standard InChI is InChI=1S/C17H25NO2/c1-11-5-12(2)17(13(3)6-11)16(20)10-18(4)9-14-7-15(19)8-14/h5-6,14-15,19H,7-10H2,1-4H3. The first kappa shape index (κ1) is 15.2. The highest BCUT2D eigenvalue weighted by Crippen LogP contribution is 2.27. The minimum Gasteiger partial charge on any atom is -0.393 e. The summed E-state index contributed by atoms with van der Waals surface area (Å²) in [6, 6.07) is 4.14. The Labute approximate surface area is 121 Å². The lowest BCUT2D eigenvalue weighted by atomic mass is 9.82. The molecule has 1 saturated carbocycles. The molecule has 0 radical (unpaired) electrons. The Morgan fingerprint density at radius 2 is 1.80 bits per heavy atom. The first-order valence-electron chi connectivity index (χ1n) is 7.34. The van der Waals surface area contributed by atoms with Crippen LogP contribution in [0.1, 0.15) is 39.9 Å². The molecule has 20 heavy (non-hydrogen) atoms. The van der Waals surface area contributed by atoms with Gasteiger partial charge in [-0.15, -0.1) is 0 Å². The molecule has 2 rings (SSSR count). The van der Waals surface area contributed by atoms with Crippen molar-refractivity contribution in [2.24, 2.45) is 5.92 Å². The van der Waals surface area contributed by atoms with Gasteiger partial charge in [0.1, 0.15) is 0 Å². The first-order chi connectivity index (χ1) is 9.36. The molecular weight excluding hydrogens is 250 g/mol. The van der Waals surface area contributed by atoms with Gasteiger partial charge in [0.2, 0.25) is 0 Å². The molecule has 0 aromatic heterocycles. The minimum absolute atomic E-state index is 0.120. The molecule has 0 spiro atoms. The molecule has 1 aromatic rings. The summed E-state index contributed by atoms with van der Waals surface area (Å²) in [6.07, 6.45) is 1.63. The fraction of sp³-hybridized carbons (Fsp3) is 0.588. The van der Waals surface area contributed by atoms with E-state index in [0.29, 0.717) is 12.5 Å². The van der Waals surface area contributed by atoms with E-state index in [4.69, 9.17) is 0 Å². The van der Waals surface area contributed by atoms with Gasteiger partial charge in [0.05, 0.1) is 12.6 Å². The Balaban J connectivity index is 1.97. The minimum atomic E-state index is -0.120. The van der Waals surface area contributed by atoms with Gasteiger partial charge < -0.3 is 5.11 Å². The van der Waals surface area contributed by atoms with E-state index in [1.165, 1.54) is 5.56 Å². The van der Waals surface area contributed by atoms with Crippen molar-refractivity contribution in [3.05, 3.63) is 34.4 Å². The number of aliphatic hydroxyl groups excluding tert-OH is 1. The van der Waals surface area contributed by atoms with Crippen LogP contribution in [0, 0.1) is 26.7 Å². The van der Waals surface area contributed by atoms with Crippen LogP contribution in [0.25, 0.3) is 0 Å². The summed E-state index contributed by atoms with van der Waals surface area (Å²) in [5.74, 6) is 0.741. The monoisotopic (exact) mass is 275 g/mol. The molecule has 1 fully saturated rings. The fourth-order valence-electron chi connectivity index (χ4n) is 3.30. The third kappa shape index (κ3) is 3.47. The molecule has 3 heteroatoms. The van der Waals surface area contributed by atoms with Crippen LogP contribution in [-0.4, -0.2) is 42.0 Å². The molecule has 1 aliphatic rings. The predicted molar refractivity (Wildman–Crippen MR) is 81.2 cm³/mol. The number of aryl methyl sites for hydroxylation is 3. The number of carbonyl (C=O) groups excluding carboxylic acids is 1. The van der Waals surface area contributed by atoms with E-state index in [2.05, 4.69) is 24.0 Å².